The summed E-state index contributed by atoms with van der Waals surface area (Å²) in [6, 6.07) is 26.5. The maximum absolute atomic E-state index is 14.7. The molecular formula is C35H33N3O5. The SMILES string of the molecule is O=C1C2N([C@H](CO)c3ccccc3)C(=O)[C@@H]3[C@H]4C(=O)N(c5ccccc5)CC=C[C@H]4O[C@]23C=CCN1Cc1ccccc1. The van der Waals surface area contributed by atoms with Crippen molar-refractivity contribution in [1.29, 1.82) is 0 Å². The van der Waals surface area contributed by atoms with E-state index in [2.05, 4.69) is 0 Å². The minimum atomic E-state index is -1.38. The topological polar surface area (TPSA) is 90.4 Å². The number of nitrogens with zero attached hydrogens (tertiary/aromatic N) is 3. The number of para-hydroxylation sites is 1. The Kier molecular flexibility index (Phi) is 6.95. The summed E-state index contributed by atoms with van der Waals surface area (Å²) >= 11 is 0. The summed E-state index contributed by atoms with van der Waals surface area (Å²) in [5, 5.41) is 10.7. The molecule has 1 unspecified atom stereocenters. The molecular weight excluding hydrogens is 542 g/mol. The first-order chi connectivity index (χ1) is 21.0. The Morgan fingerprint density at radius 3 is 2.19 bits per heavy atom. The highest BCUT2D eigenvalue weighted by Gasteiger charge is 2.72. The number of ether oxygens (including phenoxy) is 1. The van der Waals surface area contributed by atoms with E-state index in [1.807, 2.05) is 115 Å². The molecule has 0 radical (unpaired) electrons. The van der Waals surface area contributed by atoms with Crippen LogP contribution in [0.1, 0.15) is 17.2 Å². The Bertz CT molecular complexity index is 1580. The van der Waals surface area contributed by atoms with E-state index < -0.39 is 35.6 Å². The van der Waals surface area contributed by atoms with Gasteiger partial charge in [0.05, 0.1) is 30.6 Å². The van der Waals surface area contributed by atoms with Crippen LogP contribution < -0.4 is 4.90 Å². The highest BCUT2D eigenvalue weighted by molar-refractivity contribution is 6.04. The largest absolute Gasteiger partial charge is 0.394 e. The lowest BCUT2D eigenvalue weighted by molar-refractivity contribution is -0.150. The van der Waals surface area contributed by atoms with Gasteiger partial charge in [0, 0.05) is 25.3 Å². The Hall–Kier alpha value is -4.53. The lowest BCUT2D eigenvalue weighted by Gasteiger charge is -2.38. The number of fused-ring (bicyclic) bond motifs is 2. The second-order valence-electron chi connectivity index (χ2n) is 11.5. The lowest BCUT2D eigenvalue weighted by Crippen LogP contribution is -2.56. The second-order valence-corrected chi connectivity index (χ2v) is 11.5. The number of likely N-dealkylation sites (tertiary alicyclic amines) is 1. The maximum Gasteiger partial charge on any atom is 0.249 e. The van der Waals surface area contributed by atoms with Crippen molar-refractivity contribution in [3.8, 4) is 0 Å². The highest BCUT2D eigenvalue weighted by Crippen LogP contribution is 2.55. The minimum Gasteiger partial charge on any atom is -0.394 e. The summed E-state index contributed by atoms with van der Waals surface area (Å²) in [4.78, 5) is 48.6. The molecule has 1 N–H and O–H groups in total. The van der Waals surface area contributed by atoms with Crippen LogP contribution in [0.3, 0.4) is 0 Å². The Morgan fingerprint density at radius 2 is 1.49 bits per heavy atom. The number of aliphatic hydroxyl groups is 1. The van der Waals surface area contributed by atoms with Gasteiger partial charge in [0.1, 0.15) is 11.6 Å². The first-order valence-corrected chi connectivity index (χ1v) is 14.7. The van der Waals surface area contributed by atoms with E-state index in [0.29, 0.717) is 25.2 Å². The normalized spacial score (nSPS) is 28.8. The van der Waals surface area contributed by atoms with Crippen LogP contribution in [0.15, 0.2) is 115 Å². The van der Waals surface area contributed by atoms with Crippen molar-refractivity contribution < 1.29 is 24.2 Å². The minimum absolute atomic E-state index is 0.219. The fraction of sp³-hybridized carbons (Fsp3) is 0.286. The molecule has 6 atom stereocenters. The van der Waals surface area contributed by atoms with E-state index >= 15 is 0 Å². The van der Waals surface area contributed by atoms with Crippen LogP contribution in [-0.2, 0) is 25.7 Å². The monoisotopic (exact) mass is 575 g/mol. The molecule has 4 aliphatic rings. The van der Waals surface area contributed by atoms with Gasteiger partial charge in [-0.05, 0) is 23.3 Å². The van der Waals surface area contributed by atoms with Crippen LogP contribution >= 0.6 is 0 Å². The van der Waals surface area contributed by atoms with Crippen LogP contribution in [0.4, 0.5) is 5.69 Å². The first kappa shape index (κ1) is 27.3. The molecule has 218 valence electrons. The molecule has 8 heteroatoms. The number of hydrogen-bond acceptors (Lipinski definition) is 5. The lowest BCUT2D eigenvalue weighted by atomic mass is 9.77. The van der Waals surface area contributed by atoms with Crippen LogP contribution in [0.25, 0.3) is 0 Å². The number of amides is 3. The predicted molar refractivity (Wildman–Crippen MR) is 160 cm³/mol. The van der Waals surface area contributed by atoms with Gasteiger partial charge in [-0.15, -0.1) is 0 Å². The molecule has 0 aliphatic carbocycles. The number of rotatable bonds is 6. The molecule has 0 bridgehead atoms. The van der Waals surface area contributed by atoms with Gasteiger partial charge in [-0.1, -0.05) is 103 Å². The number of carbonyl (C=O) groups excluding carboxylic acids is 3. The van der Waals surface area contributed by atoms with Crippen molar-refractivity contribution in [1.82, 2.24) is 9.80 Å². The van der Waals surface area contributed by atoms with E-state index in [0.717, 1.165) is 11.3 Å². The van der Waals surface area contributed by atoms with E-state index in [1.54, 1.807) is 9.80 Å². The molecule has 2 fully saturated rings. The van der Waals surface area contributed by atoms with Crippen molar-refractivity contribution >= 4 is 23.4 Å². The van der Waals surface area contributed by atoms with Gasteiger partial charge in [-0.25, -0.2) is 0 Å². The maximum atomic E-state index is 14.7. The van der Waals surface area contributed by atoms with E-state index in [9.17, 15) is 19.5 Å². The summed E-state index contributed by atoms with van der Waals surface area (Å²) in [6.45, 7) is 0.645. The van der Waals surface area contributed by atoms with Crippen molar-refractivity contribution in [3.63, 3.8) is 0 Å². The molecule has 8 nitrogen and oxygen atoms in total. The average Bonchev–Trinajstić information content (AvgIpc) is 3.36. The molecule has 4 heterocycles. The molecule has 0 aromatic heterocycles. The molecule has 1 spiro atoms. The second kappa shape index (κ2) is 10.9. The number of carbonyl (C=O) groups is 3. The van der Waals surface area contributed by atoms with Gasteiger partial charge in [0.15, 0.2) is 0 Å². The van der Waals surface area contributed by atoms with Gasteiger partial charge in [0.2, 0.25) is 17.7 Å². The van der Waals surface area contributed by atoms with E-state index in [-0.39, 0.29) is 24.3 Å². The van der Waals surface area contributed by atoms with Gasteiger partial charge in [0.25, 0.3) is 0 Å². The van der Waals surface area contributed by atoms with Crippen molar-refractivity contribution in [2.24, 2.45) is 11.8 Å². The molecule has 3 aromatic carbocycles. The molecule has 0 saturated carbocycles. The zero-order chi connectivity index (χ0) is 29.6. The van der Waals surface area contributed by atoms with E-state index in [4.69, 9.17) is 4.74 Å². The molecule has 7 rings (SSSR count). The number of hydrogen-bond donors (Lipinski definition) is 1. The summed E-state index contributed by atoms with van der Waals surface area (Å²) < 4.78 is 6.78. The number of anilines is 1. The zero-order valence-corrected chi connectivity index (χ0v) is 23.6. The fourth-order valence-corrected chi connectivity index (χ4v) is 7.27. The average molecular weight is 576 g/mol. The summed E-state index contributed by atoms with van der Waals surface area (Å²) in [6.07, 6.45) is 6.80. The Labute approximate surface area is 250 Å². The van der Waals surface area contributed by atoms with Gasteiger partial charge < -0.3 is 24.5 Å². The number of benzene rings is 3. The van der Waals surface area contributed by atoms with Gasteiger partial charge in [-0.3, -0.25) is 14.4 Å². The van der Waals surface area contributed by atoms with Gasteiger partial charge >= 0.3 is 0 Å². The van der Waals surface area contributed by atoms with Crippen molar-refractivity contribution in [2.75, 3.05) is 24.6 Å². The standard InChI is InChI=1S/C35H33N3O5/c39-23-27(25-14-6-2-7-15-25)38-31-34(42)36(22-24-12-4-1-5-13-24)20-11-19-35(31)30(33(38)41)29-28(43-35)18-10-21-37(32(29)40)26-16-8-3-9-17-26/h1-19,27-31,39H,20-23H2/t27-,28-,29+,30+,31?,35+/m1/s1. The summed E-state index contributed by atoms with van der Waals surface area (Å²) in [5.74, 6) is -2.64. The summed E-state index contributed by atoms with van der Waals surface area (Å²) in [7, 11) is 0. The summed E-state index contributed by atoms with van der Waals surface area (Å²) in [5.41, 5.74) is 1.02. The van der Waals surface area contributed by atoms with Gasteiger partial charge in [-0.2, -0.15) is 0 Å². The van der Waals surface area contributed by atoms with Crippen molar-refractivity contribution in [3.05, 3.63) is 126 Å². The Morgan fingerprint density at radius 1 is 0.814 bits per heavy atom. The molecule has 2 saturated heterocycles. The third-order valence-corrected chi connectivity index (χ3v) is 9.16. The third kappa shape index (κ3) is 4.40. The van der Waals surface area contributed by atoms with Crippen LogP contribution in [0, 0.1) is 11.8 Å². The smallest absolute Gasteiger partial charge is 0.249 e. The van der Waals surface area contributed by atoms with Crippen LogP contribution in [0.2, 0.25) is 0 Å². The van der Waals surface area contributed by atoms with Crippen LogP contribution in [0.5, 0.6) is 0 Å². The molecule has 43 heavy (non-hydrogen) atoms. The first-order valence-electron chi connectivity index (χ1n) is 14.7. The molecule has 3 amide bonds. The number of aliphatic hydroxyl groups excluding tert-OH is 1. The quantitative estimate of drug-likeness (QED) is 0.455. The van der Waals surface area contributed by atoms with Crippen molar-refractivity contribution in [2.45, 2.75) is 30.3 Å². The molecule has 3 aromatic rings. The predicted octanol–water partition coefficient (Wildman–Crippen LogP) is 3.50. The van der Waals surface area contributed by atoms with Crippen LogP contribution in [-0.4, -0.2) is 70.1 Å². The third-order valence-electron chi connectivity index (χ3n) is 9.16. The highest BCUT2D eigenvalue weighted by atomic mass is 16.5. The Balaban J connectivity index is 1.34. The van der Waals surface area contributed by atoms with E-state index in [1.165, 1.54) is 4.90 Å². The molecule has 4 aliphatic heterocycles. The zero-order valence-electron chi connectivity index (χ0n) is 23.6. The fourth-order valence-electron chi connectivity index (χ4n) is 7.27.